The smallest absolute Gasteiger partial charge is 0.410 e. The van der Waals surface area contributed by atoms with E-state index < -0.39 is 5.60 Å². The molecule has 0 spiro atoms. The average Bonchev–Trinajstić information content (AvgIpc) is 3.30. The largest absolute Gasteiger partial charge is 0.444 e. The molecule has 1 amide bonds. The van der Waals surface area contributed by atoms with E-state index in [4.69, 9.17) is 16.3 Å². The fraction of sp³-hybridized carbons (Fsp3) is 0.632. The first-order valence-electron chi connectivity index (χ1n) is 8.77. The molecule has 1 N–H and O–H groups in total. The summed E-state index contributed by atoms with van der Waals surface area (Å²) in [7, 11) is 0. The molecule has 0 atom stereocenters. The summed E-state index contributed by atoms with van der Waals surface area (Å²) in [5.74, 6) is 0. The first kappa shape index (κ1) is 19.1. The molecule has 4 nitrogen and oxygen atoms in total. The molecule has 0 aliphatic heterocycles. The van der Waals surface area contributed by atoms with Gasteiger partial charge in [0.15, 0.2) is 0 Å². The first-order chi connectivity index (χ1) is 11.3. The van der Waals surface area contributed by atoms with Crippen molar-refractivity contribution in [3.63, 3.8) is 0 Å². The third-order valence-corrected chi connectivity index (χ3v) is 4.34. The summed E-state index contributed by atoms with van der Waals surface area (Å²) in [6.45, 7) is 9.71. The lowest BCUT2D eigenvalue weighted by Crippen LogP contribution is -2.37. The van der Waals surface area contributed by atoms with Crippen molar-refractivity contribution in [1.29, 1.82) is 0 Å². The lowest BCUT2D eigenvalue weighted by Gasteiger charge is -2.26. The first-order valence-corrected chi connectivity index (χ1v) is 9.15. The van der Waals surface area contributed by atoms with Crippen LogP contribution >= 0.6 is 11.6 Å². The second-order valence-electron chi connectivity index (χ2n) is 7.39. The number of hydrogen-bond donors (Lipinski definition) is 1. The molecule has 0 unspecified atom stereocenters. The Labute approximate surface area is 150 Å². The van der Waals surface area contributed by atoms with E-state index in [0.29, 0.717) is 19.1 Å². The van der Waals surface area contributed by atoms with Crippen molar-refractivity contribution >= 4 is 17.7 Å². The predicted molar refractivity (Wildman–Crippen MR) is 98.5 cm³/mol. The fourth-order valence-corrected chi connectivity index (χ4v) is 2.61. The topological polar surface area (TPSA) is 41.6 Å². The van der Waals surface area contributed by atoms with E-state index in [-0.39, 0.29) is 6.09 Å². The number of hydrogen-bond acceptors (Lipinski definition) is 3. The van der Waals surface area contributed by atoms with Gasteiger partial charge in [0.1, 0.15) is 5.60 Å². The lowest BCUT2D eigenvalue weighted by atomic mass is 10.1. The highest BCUT2D eigenvalue weighted by atomic mass is 35.5. The summed E-state index contributed by atoms with van der Waals surface area (Å²) in [6, 6.07) is 6.78. The van der Waals surface area contributed by atoms with E-state index in [1.165, 1.54) is 18.4 Å². The number of halogens is 1. The number of nitrogens with zero attached hydrogens (tertiary/aromatic N) is 1. The molecule has 0 saturated heterocycles. The average molecular weight is 353 g/mol. The molecule has 1 saturated carbocycles. The number of carbonyl (C=O) groups excluding carboxylic acids is 1. The maximum absolute atomic E-state index is 12.2. The Kier molecular flexibility index (Phi) is 6.53. The van der Waals surface area contributed by atoms with Gasteiger partial charge in [-0.1, -0.05) is 23.7 Å². The minimum Gasteiger partial charge on any atom is -0.444 e. The molecule has 0 bridgehead atoms. The van der Waals surface area contributed by atoms with Crippen molar-refractivity contribution in [2.75, 3.05) is 13.1 Å². The van der Waals surface area contributed by atoms with Crippen LogP contribution in [-0.4, -0.2) is 35.7 Å². The van der Waals surface area contributed by atoms with Crippen LogP contribution in [0.5, 0.6) is 0 Å². The van der Waals surface area contributed by atoms with E-state index in [2.05, 4.69) is 11.4 Å². The number of nitrogens with one attached hydrogen (secondary N) is 1. The molecule has 0 heterocycles. The highest BCUT2D eigenvalue weighted by molar-refractivity contribution is 6.31. The third kappa shape index (κ3) is 6.33. The van der Waals surface area contributed by atoms with Crippen LogP contribution in [0, 0.1) is 0 Å². The highest BCUT2D eigenvalue weighted by Crippen LogP contribution is 2.22. The quantitative estimate of drug-likeness (QED) is 0.791. The molecule has 0 radical (unpaired) electrons. The molecule has 1 fully saturated rings. The summed E-state index contributed by atoms with van der Waals surface area (Å²) in [5, 5.41) is 4.29. The van der Waals surface area contributed by atoms with Crippen molar-refractivity contribution in [1.82, 2.24) is 10.2 Å². The minimum absolute atomic E-state index is 0.255. The Balaban J connectivity index is 1.91. The molecule has 1 aromatic rings. The zero-order valence-corrected chi connectivity index (χ0v) is 15.9. The zero-order chi connectivity index (χ0) is 17.7. The molecule has 134 valence electrons. The Hall–Kier alpha value is -1.26. The van der Waals surface area contributed by atoms with Crippen LogP contribution in [0.25, 0.3) is 0 Å². The Morgan fingerprint density at radius 1 is 1.38 bits per heavy atom. The monoisotopic (exact) mass is 352 g/mol. The van der Waals surface area contributed by atoms with Crippen LogP contribution in [-0.2, 0) is 17.7 Å². The number of carbonyl (C=O) groups is 1. The van der Waals surface area contributed by atoms with Gasteiger partial charge in [0.05, 0.1) is 0 Å². The number of benzene rings is 1. The maximum atomic E-state index is 12.2. The van der Waals surface area contributed by atoms with Crippen molar-refractivity contribution in [2.24, 2.45) is 0 Å². The van der Waals surface area contributed by atoms with Gasteiger partial charge in [-0.2, -0.15) is 0 Å². The number of amides is 1. The Morgan fingerprint density at radius 3 is 2.67 bits per heavy atom. The van der Waals surface area contributed by atoms with Crippen LogP contribution in [0.1, 0.15) is 51.7 Å². The Bertz CT molecular complexity index is 565. The SMILES string of the molecule is CCN(CCc1ccc(Cl)c(CNC2CC2)c1)C(=O)OC(C)(C)C. The normalized spacial score (nSPS) is 14.5. The van der Waals surface area contributed by atoms with Gasteiger partial charge in [-0.3, -0.25) is 0 Å². The predicted octanol–water partition coefficient (Wildman–Crippen LogP) is 4.39. The molecular weight excluding hydrogens is 324 g/mol. The number of rotatable bonds is 7. The van der Waals surface area contributed by atoms with Gasteiger partial charge < -0.3 is 15.0 Å². The van der Waals surface area contributed by atoms with Crippen LogP contribution in [0.4, 0.5) is 4.79 Å². The Morgan fingerprint density at radius 2 is 2.08 bits per heavy atom. The van der Waals surface area contributed by atoms with Gasteiger partial charge in [0.25, 0.3) is 0 Å². The van der Waals surface area contributed by atoms with E-state index in [1.54, 1.807) is 4.90 Å². The summed E-state index contributed by atoms with van der Waals surface area (Å²) < 4.78 is 5.45. The molecule has 2 rings (SSSR count). The van der Waals surface area contributed by atoms with Crippen LogP contribution < -0.4 is 5.32 Å². The molecule has 1 aliphatic carbocycles. The summed E-state index contributed by atoms with van der Waals surface area (Å²) in [4.78, 5) is 13.9. The van der Waals surface area contributed by atoms with Crippen LogP contribution in [0.2, 0.25) is 5.02 Å². The molecule has 0 aromatic heterocycles. The van der Waals surface area contributed by atoms with E-state index in [0.717, 1.165) is 23.6 Å². The second kappa shape index (κ2) is 8.21. The molecule has 1 aromatic carbocycles. The minimum atomic E-state index is -0.466. The fourth-order valence-electron chi connectivity index (χ4n) is 2.43. The summed E-state index contributed by atoms with van der Waals surface area (Å²) >= 11 is 6.29. The summed E-state index contributed by atoms with van der Waals surface area (Å²) in [6.07, 6.45) is 3.06. The van der Waals surface area contributed by atoms with Crippen LogP contribution in [0.3, 0.4) is 0 Å². The number of likely N-dealkylation sites (N-methyl/N-ethyl adjacent to an activating group) is 1. The maximum Gasteiger partial charge on any atom is 0.410 e. The van der Waals surface area contributed by atoms with Crippen LogP contribution in [0.15, 0.2) is 18.2 Å². The van der Waals surface area contributed by atoms with Gasteiger partial charge >= 0.3 is 6.09 Å². The highest BCUT2D eigenvalue weighted by Gasteiger charge is 2.22. The summed E-state index contributed by atoms with van der Waals surface area (Å²) in [5.41, 5.74) is 1.85. The molecule has 5 heteroatoms. The molecule has 1 aliphatic rings. The third-order valence-electron chi connectivity index (χ3n) is 3.97. The van der Waals surface area contributed by atoms with Crippen molar-refractivity contribution in [3.05, 3.63) is 34.3 Å². The van der Waals surface area contributed by atoms with Crippen molar-refractivity contribution < 1.29 is 9.53 Å². The van der Waals surface area contributed by atoms with E-state index in [9.17, 15) is 4.79 Å². The standard InChI is InChI=1S/C19H29ClN2O2/c1-5-22(18(23)24-19(2,3)4)11-10-14-6-9-17(20)15(12-14)13-21-16-7-8-16/h6,9,12,16,21H,5,7-8,10-11,13H2,1-4H3. The van der Waals surface area contributed by atoms with Crippen molar-refractivity contribution in [2.45, 2.75) is 65.1 Å². The number of ether oxygens (including phenoxy) is 1. The molecule has 24 heavy (non-hydrogen) atoms. The van der Waals surface area contributed by atoms with Gasteiger partial charge in [-0.25, -0.2) is 4.79 Å². The second-order valence-corrected chi connectivity index (χ2v) is 7.80. The molecular formula is C19H29ClN2O2. The van der Waals surface area contributed by atoms with Gasteiger partial charge in [0, 0.05) is 30.7 Å². The van der Waals surface area contributed by atoms with Gasteiger partial charge in [0.2, 0.25) is 0 Å². The van der Waals surface area contributed by atoms with E-state index in [1.807, 2.05) is 39.8 Å². The van der Waals surface area contributed by atoms with E-state index >= 15 is 0 Å². The van der Waals surface area contributed by atoms with Gasteiger partial charge in [-0.15, -0.1) is 0 Å². The zero-order valence-electron chi connectivity index (χ0n) is 15.2. The lowest BCUT2D eigenvalue weighted by molar-refractivity contribution is 0.0262. The van der Waals surface area contributed by atoms with Crippen molar-refractivity contribution in [3.8, 4) is 0 Å². The van der Waals surface area contributed by atoms with Gasteiger partial charge in [-0.05, 0) is 64.2 Å².